The minimum atomic E-state index is -4.71. The fourth-order valence-electron chi connectivity index (χ4n) is 2.89. The van der Waals surface area contributed by atoms with E-state index in [4.69, 9.17) is 4.42 Å². The number of halogens is 6. The molecule has 0 saturated carbocycles. The molecule has 2 aromatic carbocycles. The van der Waals surface area contributed by atoms with E-state index in [1.165, 1.54) is 30.3 Å². The molecule has 0 bridgehead atoms. The normalized spacial score (nSPS) is 11.4. The lowest BCUT2D eigenvalue weighted by molar-refractivity contribution is -0.402. The molecule has 6 nitrogen and oxygen atoms in total. The molecular weight excluding hydrogens is 468 g/mol. The van der Waals surface area contributed by atoms with Crippen LogP contribution in [0.15, 0.2) is 59.0 Å². The molecule has 12 heteroatoms. The molecule has 2 N–H and O–H groups in total. The Bertz CT molecular complexity index is 1110. The molecule has 0 amide bonds. The van der Waals surface area contributed by atoms with Crippen molar-refractivity contribution in [2.24, 2.45) is 0 Å². The lowest BCUT2D eigenvalue weighted by Gasteiger charge is -2.16. The number of nitrogens with zero attached hydrogens (tertiary/aromatic N) is 1. The minimum Gasteiger partial charge on any atom is -0.404 e. The number of anilines is 2. The number of rotatable bonds is 7. The first-order chi connectivity index (χ1) is 15.9. The molecule has 1 aromatic heterocycles. The van der Waals surface area contributed by atoms with Crippen LogP contribution in [0.5, 0.6) is 0 Å². The van der Waals surface area contributed by atoms with E-state index in [2.05, 4.69) is 10.6 Å². The molecule has 0 aliphatic carbocycles. The smallest absolute Gasteiger partial charge is 0.404 e. The summed E-state index contributed by atoms with van der Waals surface area (Å²) in [5, 5.41) is 15.9. The Kier molecular flexibility index (Phi) is 8.55. The molecular formula is C22H21F6N3O3. The number of nitro groups is 1. The fraction of sp³-hybridized carbons (Fsp3) is 0.273. The van der Waals surface area contributed by atoms with Crippen molar-refractivity contribution in [3.05, 3.63) is 87.2 Å². The van der Waals surface area contributed by atoms with Crippen LogP contribution in [0.3, 0.4) is 0 Å². The van der Waals surface area contributed by atoms with Gasteiger partial charge in [-0.05, 0) is 35.9 Å². The third kappa shape index (κ3) is 7.15. The molecule has 0 atom stereocenters. The molecule has 0 radical (unpaired) electrons. The highest BCUT2D eigenvalue weighted by atomic mass is 19.4. The summed E-state index contributed by atoms with van der Waals surface area (Å²) in [6.07, 6.45) is -9.31. The second-order valence-corrected chi connectivity index (χ2v) is 6.66. The molecule has 1 heterocycles. The van der Waals surface area contributed by atoms with Gasteiger partial charge in [0.15, 0.2) is 0 Å². The van der Waals surface area contributed by atoms with Gasteiger partial charge in [-0.25, -0.2) is 0 Å². The van der Waals surface area contributed by atoms with Gasteiger partial charge in [0.25, 0.3) is 0 Å². The fourth-order valence-corrected chi connectivity index (χ4v) is 2.89. The standard InChI is InChI=1S/C20H15F6N3O3.C2H6/c21-19(22,23)13-7-14(27-10-12-3-1-2-4-17(12)20(24,25)26)9-15(8-13)28-11-16-5-6-18(32-16)29(30)31;1-2/h1-9,27-28H,10-11H2;1-2H3. The average molecular weight is 489 g/mol. The van der Waals surface area contributed by atoms with Crippen LogP contribution >= 0.6 is 0 Å². The van der Waals surface area contributed by atoms with Crippen LogP contribution in [-0.2, 0) is 25.4 Å². The molecule has 184 valence electrons. The molecule has 0 spiro atoms. The van der Waals surface area contributed by atoms with Crippen molar-refractivity contribution >= 4 is 17.3 Å². The largest absolute Gasteiger partial charge is 0.433 e. The van der Waals surface area contributed by atoms with E-state index in [1.54, 1.807) is 0 Å². The van der Waals surface area contributed by atoms with Crippen LogP contribution < -0.4 is 10.6 Å². The SMILES string of the molecule is CC.O=[N+]([O-])c1ccc(CNc2cc(NCc3ccccc3C(F)(F)F)cc(C(F)(F)F)c2)o1. The first-order valence-electron chi connectivity index (χ1n) is 10.0. The lowest BCUT2D eigenvalue weighted by atomic mass is 10.1. The Hall–Kier alpha value is -3.70. The molecule has 3 aromatic rings. The highest BCUT2D eigenvalue weighted by molar-refractivity contribution is 5.60. The first-order valence-corrected chi connectivity index (χ1v) is 10.0. The maximum absolute atomic E-state index is 13.3. The average Bonchev–Trinajstić information content (AvgIpc) is 3.26. The molecule has 0 aliphatic heterocycles. The van der Waals surface area contributed by atoms with Crippen molar-refractivity contribution in [3.63, 3.8) is 0 Å². The number of benzene rings is 2. The Morgan fingerprint density at radius 2 is 1.44 bits per heavy atom. The zero-order valence-corrected chi connectivity index (χ0v) is 18.1. The van der Waals surface area contributed by atoms with Gasteiger partial charge in [-0.1, -0.05) is 32.0 Å². The summed E-state index contributed by atoms with van der Waals surface area (Å²) in [6.45, 7) is 3.49. The second-order valence-electron chi connectivity index (χ2n) is 6.66. The van der Waals surface area contributed by atoms with E-state index in [9.17, 15) is 36.5 Å². The third-order valence-corrected chi connectivity index (χ3v) is 4.36. The number of hydrogen-bond acceptors (Lipinski definition) is 5. The maximum Gasteiger partial charge on any atom is 0.433 e. The Balaban J connectivity index is 0.00000199. The van der Waals surface area contributed by atoms with Crippen LogP contribution in [-0.4, -0.2) is 4.92 Å². The number of alkyl halides is 6. The van der Waals surface area contributed by atoms with Crippen LogP contribution in [0.1, 0.15) is 36.3 Å². The molecule has 3 rings (SSSR count). The lowest BCUT2D eigenvalue weighted by Crippen LogP contribution is -2.12. The molecule has 0 saturated heterocycles. The van der Waals surface area contributed by atoms with E-state index in [-0.39, 0.29) is 35.8 Å². The van der Waals surface area contributed by atoms with Crippen LogP contribution in [0.2, 0.25) is 0 Å². The van der Waals surface area contributed by atoms with Crippen molar-refractivity contribution < 1.29 is 35.7 Å². The van der Waals surface area contributed by atoms with E-state index >= 15 is 0 Å². The molecule has 0 fully saturated rings. The molecule has 0 unspecified atom stereocenters. The Labute approximate surface area is 190 Å². The van der Waals surface area contributed by atoms with Crippen molar-refractivity contribution in [1.29, 1.82) is 0 Å². The third-order valence-electron chi connectivity index (χ3n) is 4.36. The van der Waals surface area contributed by atoms with Gasteiger partial charge in [-0.15, -0.1) is 0 Å². The Morgan fingerprint density at radius 1 is 0.853 bits per heavy atom. The van der Waals surface area contributed by atoms with Crippen LogP contribution in [0.4, 0.5) is 43.6 Å². The zero-order chi connectivity index (χ0) is 25.5. The predicted octanol–water partition coefficient (Wildman–Crippen LogP) is 7.48. The number of nitrogens with one attached hydrogen (secondary N) is 2. The van der Waals surface area contributed by atoms with Gasteiger partial charge < -0.3 is 15.1 Å². The number of hydrogen-bond donors (Lipinski definition) is 2. The zero-order valence-electron chi connectivity index (χ0n) is 18.1. The van der Waals surface area contributed by atoms with E-state index in [0.717, 1.165) is 24.3 Å². The first kappa shape index (κ1) is 26.6. The van der Waals surface area contributed by atoms with Crippen molar-refractivity contribution in [3.8, 4) is 0 Å². The highest BCUT2D eigenvalue weighted by Gasteiger charge is 2.33. The van der Waals surface area contributed by atoms with Crippen molar-refractivity contribution in [2.45, 2.75) is 39.3 Å². The van der Waals surface area contributed by atoms with Gasteiger partial charge in [0, 0.05) is 17.9 Å². The van der Waals surface area contributed by atoms with Crippen molar-refractivity contribution in [2.75, 3.05) is 10.6 Å². The second kappa shape index (κ2) is 10.9. The predicted molar refractivity (Wildman–Crippen MR) is 114 cm³/mol. The van der Waals surface area contributed by atoms with Crippen LogP contribution in [0.25, 0.3) is 0 Å². The quantitative estimate of drug-likeness (QED) is 0.204. The van der Waals surface area contributed by atoms with E-state index < -0.39 is 34.3 Å². The summed E-state index contributed by atoms with van der Waals surface area (Å²) in [4.78, 5) is 9.90. The van der Waals surface area contributed by atoms with Crippen LogP contribution in [0, 0.1) is 10.1 Å². The van der Waals surface area contributed by atoms with Gasteiger partial charge in [-0.3, -0.25) is 10.1 Å². The van der Waals surface area contributed by atoms with E-state index in [1.807, 2.05) is 13.8 Å². The summed E-state index contributed by atoms with van der Waals surface area (Å²) >= 11 is 0. The van der Waals surface area contributed by atoms with Gasteiger partial charge in [0.05, 0.1) is 23.7 Å². The van der Waals surface area contributed by atoms with Gasteiger partial charge >= 0.3 is 18.2 Å². The van der Waals surface area contributed by atoms with Gasteiger partial charge in [-0.2, -0.15) is 26.3 Å². The Morgan fingerprint density at radius 3 is 1.97 bits per heavy atom. The van der Waals surface area contributed by atoms with Crippen molar-refractivity contribution in [1.82, 2.24) is 0 Å². The summed E-state index contributed by atoms with van der Waals surface area (Å²) in [7, 11) is 0. The number of furan rings is 1. The van der Waals surface area contributed by atoms with Gasteiger partial charge in [0.2, 0.25) is 0 Å². The summed E-state index contributed by atoms with van der Waals surface area (Å²) in [6, 6.07) is 10.0. The maximum atomic E-state index is 13.3. The molecule has 0 aliphatic rings. The molecule has 34 heavy (non-hydrogen) atoms. The topological polar surface area (TPSA) is 80.3 Å². The summed E-state index contributed by atoms with van der Waals surface area (Å²) in [5.74, 6) is -0.403. The monoisotopic (exact) mass is 489 g/mol. The highest BCUT2D eigenvalue weighted by Crippen LogP contribution is 2.35. The van der Waals surface area contributed by atoms with E-state index in [0.29, 0.717) is 0 Å². The summed E-state index contributed by atoms with van der Waals surface area (Å²) < 4.78 is 84.2. The minimum absolute atomic E-state index is 0.00881. The summed E-state index contributed by atoms with van der Waals surface area (Å²) in [5.41, 5.74) is -2.12. The van der Waals surface area contributed by atoms with Gasteiger partial charge in [0.1, 0.15) is 10.7 Å².